The topological polar surface area (TPSA) is 9.23 Å². The lowest BCUT2D eigenvalue weighted by Gasteiger charge is -2.43. The molecule has 1 aliphatic carbocycles. The van der Waals surface area contributed by atoms with Crippen molar-refractivity contribution < 1.29 is 22.4 Å². The molecule has 6 rings (SSSR count). The summed E-state index contributed by atoms with van der Waals surface area (Å²) in [5.74, 6) is 1.50. The molecule has 3 aliphatic rings. The number of hydrogen-bond acceptors (Lipinski definition) is 1. The molecule has 194 valence electrons. The van der Waals surface area contributed by atoms with Gasteiger partial charge in [0.05, 0.1) is 24.6 Å². The highest BCUT2D eigenvalue weighted by atomic mass is 19.4. The van der Waals surface area contributed by atoms with Crippen LogP contribution in [0.15, 0.2) is 84.9 Å². The summed E-state index contributed by atoms with van der Waals surface area (Å²) in [4.78, 5) is 0. The molecular formula is C32H35F3NO+. The number of quaternary nitrogens is 1. The molecule has 0 amide bonds. The van der Waals surface area contributed by atoms with Crippen LogP contribution in [0, 0.1) is 17.8 Å². The Morgan fingerprint density at radius 2 is 1.51 bits per heavy atom. The van der Waals surface area contributed by atoms with Crippen molar-refractivity contribution in [2.45, 2.75) is 57.2 Å². The normalized spacial score (nSPS) is 34.6. The summed E-state index contributed by atoms with van der Waals surface area (Å²) in [5, 5.41) is 0. The van der Waals surface area contributed by atoms with Gasteiger partial charge in [-0.1, -0.05) is 79.7 Å². The summed E-state index contributed by atoms with van der Waals surface area (Å²) in [7, 11) is 0. The van der Waals surface area contributed by atoms with Crippen LogP contribution in [0.3, 0.4) is 0 Å². The van der Waals surface area contributed by atoms with Crippen molar-refractivity contribution in [3.05, 3.63) is 107 Å². The first kappa shape index (κ1) is 24.7. The van der Waals surface area contributed by atoms with Gasteiger partial charge in [0.15, 0.2) is 5.60 Å². The number of rotatable bonds is 6. The van der Waals surface area contributed by atoms with Crippen molar-refractivity contribution in [2.24, 2.45) is 17.8 Å². The molecule has 0 bridgehead atoms. The predicted octanol–water partition coefficient (Wildman–Crippen LogP) is 7.58. The molecule has 0 unspecified atom stereocenters. The summed E-state index contributed by atoms with van der Waals surface area (Å²) >= 11 is 0. The zero-order valence-electron chi connectivity index (χ0n) is 21.5. The molecule has 0 spiro atoms. The minimum absolute atomic E-state index is 0.00858. The fraction of sp³-hybridized carbons (Fsp3) is 0.438. The zero-order valence-corrected chi connectivity index (χ0v) is 21.5. The largest absolute Gasteiger partial charge is 0.416 e. The van der Waals surface area contributed by atoms with E-state index in [1.165, 1.54) is 24.1 Å². The second kappa shape index (κ2) is 8.71. The summed E-state index contributed by atoms with van der Waals surface area (Å²) in [6.45, 7) is 7.98. The van der Waals surface area contributed by atoms with E-state index in [4.69, 9.17) is 4.74 Å². The van der Waals surface area contributed by atoms with Gasteiger partial charge in [0.1, 0.15) is 18.6 Å². The van der Waals surface area contributed by atoms with E-state index in [-0.39, 0.29) is 5.54 Å². The maximum atomic E-state index is 13.3. The van der Waals surface area contributed by atoms with Gasteiger partial charge < -0.3 is 9.22 Å². The van der Waals surface area contributed by atoms with Gasteiger partial charge >= 0.3 is 6.18 Å². The summed E-state index contributed by atoms with van der Waals surface area (Å²) in [6, 6.07) is 26.9. The van der Waals surface area contributed by atoms with Crippen LogP contribution < -0.4 is 0 Å². The minimum Gasteiger partial charge on any atom is -0.359 e. The first-order valence-corrected chi connectivity index (χ1v) is 13.4. The van der Waals surface area contributed by atoms with Gasteiger partial charge in [0.25, 0.3) is 0 Å². The van der Waals surface area contributed by atoms with Crippen molar-refractivity contribution in [1.82, 2.24) is 0 Å². The Morgan fingerprint density at radius 3 is 2.16 bits per heavy atom. The molecule has 37 heavy (non-hydrogen) atoms. The second-order valence-electron chi connectivity index (χ2n) is 11.8. The van der Waals surface area contributed by atoms with E-state index in [9.17, 15) is 13.2 Å². The van der Waals surface area contributed by atoms with Crippen LogP contribution in [0.25, 0.3) is 0 Å². The smallest absolute Gasteiger partial charge is 0.359 e. The average molecular weight is 507 g/mol. The summed E-state index contributed by atoms with van der Waals surface area (Å²) in [6.07, 6.45) is -2.02. The minimum atomic E-state index is -4.32. The van der Waals surface area contributed by atoms with Gasteiger partial charge in [-0.3, -0.25) is 0 Å². The Kier molecular flexibility index (Phi) is 5.81. The van der Waals surface area contributed by atoms with Gasteiger partial charge in [0.2, 0.25) is 0 Å². The van der Waals surface area contributed by atoms with E-state index in [1.807, 2.05) is 18.2 Å². The molecule has 2 aliphatic heterocycles. The predicted molar refractivity (Wildman–Crippen MR) is 138 cm³/mol. The van der Waals surface area contributed by atoms with E-state index in [0.29, 0.717) is 24.4 Å². The SMILES string of the molecule is C[C@@H]1C[N@@+]2(Cc3ccc(C(F)(F)F)cc3)C[C@](OCc3ccccc3)(c3ccccc3)[C@H]3CC[C@@H]1[C@]32C. The van der Waals surface area contributed by atoms with Gasteiger partial charge in [0, 0.05) is 17.4 Å². The van der Waals surface area contributed by atoms with E-state index in [2.05, 4.69) is 56.3 Å². The first-order chi connectivity index (χ1) is 17.7. The third kappa shape index (κ3) is 3.77. The fourth-order valence-corrected chi connectivity index (χ4v) is 8.58. The van der Waals surface area contributed by atoms with Crippen LogP contribution in [0.1, 0.15) is 48.9 Å². The lowest BCUT2D eigenvalue weighted by atomic mass is 9.73. The van der Waals surface area contributed by atoms with Gasteiger partial charge in [-0.05, 0) is 43.0 Å². The molecule has 0 aromatic heterocycles. The standard InChI is InChI=1S/C32H35F3NO/c1-23-19-36(20-24-13-15-27(16-14-24)32(33,34)35)22-31(26-11-7-4-8-12-26,29-18-17-28(23)30(29,36)2)37-21-25-9-5-3-6-10-25/h3-16,23,28-29H,17-22H2,1-2H3/q+1/t23-,28+,29+,30-,31+,36-/m1/s1. The van der Waals surface area contributed by atoms with Crippen molar-refractivity contribution >= 4 is 0 Å². The van der Waals surface area contributed by atoms with Gasteiger partial charge in [-0.15, -0.1) is 0 Å². The molecule has 2 heterocycles. The molecule has 1 saturated carbocycles. The van der Waals surface area contributed by atoms with E-state index in [0.717, 1.165) is 41.7 Å². The number of alkyl halides is 3. The van der Waals surface area contributed by atoms with Crippen LogP contribution in [-0.4, -0.2) is 23.1 Å². The lowest BCUT2D eigenvalue weighted by molar-refractivity contribution is -0.968. The molecule has 0 N–H and O–H groups in total. The highest BCUT2D eigenvalue weighted by molar-refractivity contribution is 5.31. The van der Waals surface area contributed by atoms with Crippen LogP contribution in [0.4, 0.5) is 13.2 Å². The van der Waals surface area contributed by atoms with Gasteiger partial charge in [-0.25, -0.2) is 0 Å². The molecule has 2 nitrogen and oxygen atoms in total. The monoisotopic (exact) mass is 506 g/mol. The molecule has 5 heteroatoms. The van der Waals surface area contributed by atoms with Crippen LogP contribution in [-0.2, 0) is 29.7 Å². The molecule has 2 saturated heterocycles. The van der Waals surface area contributed by atoms with E-state index >= 15 is 0 Å². The quantitative estimate of drug-likeness (QED) is 0.313. The Hall–Kier alpha value is -2.63. The number of benzene rings is 3. The van der Waals surface area contributed by atoms with E-state index < -0.39 is 17.3 Å². The first-order valence-electron chi connectivity index (χ1n) is 13.4. The number of ether oxygens (including phenoxy) is 1. The second-order valence-corrected chi connectivity index (χ2v) is 11.8. The summed E-state index contributed by atoms with van der Waals surface area (Å²) in [5.41, 5.74) is 2.35. The molecule has 6 atom stereocenters. The summed E-state index contributed by atoms with van der Waals surface area (Å²) < 4.78 is 47.7. The Bertz CT molecular complexity index is 1240. The van der Waals surface area contributed by atoms with Crippen molar-refractivity contribution in [3.8, 4) is 0 Å². The maximum Gasteiger partial charge on any atom is 0.416 e. The van der Waals surface area contributed by atoms with Crippen LogP contribution in [0.2, 0.25) is 0 Å². The third-order valence-corrected chi connectivity index (χ3v) is 10.0. The number of hydrogen-bond donors (Lipinski definition) is 0. The average Bonchev–Trinajstić information content (AvgIpc) is 3.43. The van der Waals surface area contributed by atoms with E-state index in [1.54, 1.807) is 12.1 Å². The van der Waals surface area contributed by atoms with Crippen molar-refractivity contribution in [2.75, 3.05) is 13.1 Å². The highest BCUT2D eigenvalue weighted by Gasteiger charge is 2.78. The van der Waals surface area contributed by atoms with Crippen LogP contribution >= 0.6 is 0 Å². The molecule has 0 radical (unpaired) electrons. The lowest BCUT2D eigenvalue weighted by Crippen LogP contribution is -2.57. The molecule has 3 aromatic carbocycles. The Labute approximate surface area is 217 Å². The van der Waals surface area contributed by atoms with Crippen LogP contribution in [0.5, 0.6) is 0 Å². The zero-order chi connectivity index (χ0) is 25.9. The number of nitrogens with zero attached hydrogens (tertiary/aromatic N) is 1. The molecule has 3 fully saturated rings. The highest BCUT2D eigenvalue weighted by Crippen LogP contribution is 2.68. The Balaban J connectivity index is 1.42. The van der Waals surface area contributed by atoms with Crippen molar-refractivity contribution in [1.29, 1.82) is 0 Å². The maximum absolute atomic E-state index is 13.3. The van der Waals surface area contributed by atoms with Crippen molar-refractivity contribution in [3.63, 3.8) is 0 Å². The molecule has 3 aromatic rings. The van der Waals surface area contributed by atoms with Gasteiger partial charge in [-0.2, -0.15) is 13.2 Å². The third-order valence-electron chi connectivity index (χ3n) is 10.0. The number of halogens is 3. The fourth-order valence-electron chi connectivity index (χ4n) is 8.58. The molecular weight excluding hydrogens is 471 g/mol. The Morgan fingerprint density at radius 1 is 0.865 bits per heavy atom.